The van der Waals surface area contributed by atoms with Crippen molar-refractivity contribution < 1.29 is 19.4 Å². The van der Waals surface area contributed by atoms with E-state index in [9.17, 15) is 14.7 Å². The maximum absolute atomic E-state index is 12.1. The van der Waals surface area contributed by atoms with Crippen LogP contribution < -0.4 is 10.1 Å². The number of terminal acetylenes is 1. The molecule has 0 saturated carbocycles. The third kappa shape index (κ3) is 4.16. The molecule has 1 aliphatic heterocycles. The smallest absolute Gasteiger partial charge is 0.325 e. The van der Waals surface area contributed by atoms with E-state index >= 15 is 0 Å². The van der Waals surface area contributed by atoms with Crippen molar-refractivity contribution >= 4 is 11.9 Å². The lowest BCUT2D eigenvalue weighted by Crippen LogP contribution is -2.42. The predicted molar refractivity (Wildman–Crippen MR) is 106 cm³/mol. The Morgan fingerprint density at radius 3 is 2.18 bits per heavy atom. The molecule has 1 heterocycles. The zero-order valence-electron chi connectivity index (χ0n) is 15.8. The van der Waals surface area contributed by atoms with E-state index in [1.54, 1.807) is 26.0 Å². The zero-order chi connectivity index (χ0) is 20.3. The molecule has 0 aliphatic carbocycles. The van der Waals surface area contributed by atoms with Crippen LogP contribution in [0.4, 0.5) is 4.79 Å². The SMILES string of the molecule is C#Cc1ccc(-c2ccc(OC[C@@H](O)CN3C(=O)NC(C)(C)C3=O)cc2)cc1. The number of hydrogen-bond acceptors (Lipinski definition) is 4. The normalized spacial score (nSPS) is 16.4. The summed E-state index contributed by atoms with van der Waals surface area (Å²) in [7, 11) is 0. The molecule has 28 heavy (non-hydrogen) atoms. The van der Waals surface area contributed by atoms with Crippen molar-refractivity contribution in [2.45, 2.75) is 25.5 Å². The fraction of sp³-hybridized carbons (Fsp3) is 0.273. The number of hydrogen-bond donors (Lipinski definition) is 2. The second kappa shape index (κ2) is 7.75. The third-order valence-electron chi connectivity index (χ3n) is 4.52. The summed E-state index contributed by atoms with van der Waals surface area (Å²) < 4.78 is 5.58. The Bertz CT molecular complexity index is 911. The van der Waals surface area contributed by atoms with Gasteiger partial charge in [-0.15, -0.1) is 6.42 Å². The van der Waals surface area contributed by atoms with Crippen LogP contribution in [0.25, 0.3) is 11.1 Å². The fourth-order valence-electron chi connectivity index (χ4n) is 2.94. The third-order valence-corrected chi connectivity index (χ3v) is 4.52. The first-order chi connectivity index (χ1) is 13.3. The van der Waals surface area contributed by atoms with E-state index in [1.807, 2.05) is 36.4 Å². The van der Waals surface area contributed by atoms with Crippen molar-refractivity contribution in [3.63, 3.8) is 0 Å². The van der Waals surface area contributed by atoms with Crippen LogP contribution in [0.3, 0.4) is 0 Å². The van der Waals surface area contributed by atoms with Gasteiger partial charge in [-0.25, -0.2) is 4.79 Å². The minimum atomic E-state index is -0.986. The van der Waals surface area contributed by atoms with Gasteiger partial charge < -0.3 is 15.2 Å². The Labute approximate surface area is 164 Å². The van der Waals surface area contributed by atoms with E-state index in [2.05, 4.69) is 11.2 Å². The molecule has 2 aromatic carbocycles. The molecule has 0 radical (unpaired) electrons. The number of ether oxygens (including phenoxy) is 1. The lowest BCUT2D eigenvalue weighted by molar-refractivity contribution is -0.131. The zero-order valence-corrected chi connectivity index (χ0v) is 15.8. The van der Waals surface area contributed by atoms with Crippen LogP contribution in [0.2, 0.25) is 0 Å². The van der Waals surface area contributed by atoms with Crippen LogP contribution in [-0.2, 0) is 4.79 Å². The Kier molecular flexibility index (Phi) is 5.39. The lowest BCUT2D eigenvalue weighted by Gasteiger charge is -2.19. The van der Waals surface area contributed by atoms with E-state index in [1.165, 1.54) is 0 Å². The highest BCUT2D eigenvalue weighted by atomic mass is 16.5. The number of β-amino-alcohol motifs (C(OH)–C–C–N with tert-alkyl or cyclic N) is 1. The molecule has 0 aromatic heterocycles. The first-order valence-corrected chi connectivity index (χ1v) is 8.92. The van der Waals surface area contributed by atoms with Crippen molar-refractivity contribution in [2.75, 3.05) is 13.2 Å². The van der Waals surface area contributed by atoms with Gasteiger partial charge in [-0.3, -0.25) is 9.69 Å². The summed E-state index contributed by atoms with van der Waals surface area (Å²) in [6, 6.07) is 14.6. The molecule has 3 amide bonds. The Hall–Kier alpha value is -3.30. The molecule has 2 aromatic rings. The van der Waals surface area contributed by atoms with Crippen LogP contribution in [-0.4, -0.2) is 46.7 Å². The van der Waals surface area contributed by atoms with Crippen LogP contribution in [0.1, 0.15) is 19.4 Å². The van der Waals surface area contributed by atoms with Gasteiger partial charge in [0.2, 0.25) is 0 Å². The van der Waals surface area contributed by atoms with Crippen LogP contribution >= 0.6 is 0 Å². The van der Waals surface area contributed by atoms with Gasteiger partial charge in [-0.1, -0.05) is 30.2 Å². The van der Waals surface area contributed by atoms with Crippen molar-refractivity contribution in [2.24, 2.45) is 0 Å². The van der Waals surface area contributed by atoms with E-state index < -0.39 is 17.7 Å². The standard InChI is InChI=1S/C22H22N2O4/c1-4-15-5-7-16(8-6-15)17-9-11-19(12-10-17)28-14-18(25)13-24-20(26)22(2,3)23-21(24)27/h1,5-12,18,25H,13-14H2,2-3H3,(H,23,27)/t18-/m0/s1. The van der Waals surface area contributed by atoms with Crippen molar-refractivity contribution in [1.29, 1.82) is 0 Å². The highest BCUT2D eigenvalue weighted by Crippen LogP contribution is 2.23. The summed E-state index contributed by atoms with van der Waals surface area (Å²) in [5, 5.41) is 12.7. The molecule has 1 atom stereocenters. The number of urea groups is 1. The first kappa shape index (κ1) is 19.5. The maximum atomic E-state index is 12.1. The van der Waals surface area contributed by atoms with Crippen molar-refractivity contribution in [3.8, 4) is 29.2 Å². The van der Waals surface area contributed by atoms with E-state index in [0.29, 0.717) is 5.75 Å². The average molecular weight is 378 g/mol. The Morgan fingerprint density at radius 2 is 1.68 bits per heavy atom. The number of benzene rings is 2. The fourth-order valence-corrected chi connectivity index (χ4v) is 2.94. The highest BCUT2D eigenvalue weighted by molar-refractivity contribution is 6.06. The molecule has 1 aliphatic rings. The van der Waals surface area contributed by atoms with Crippen molar-refractivity contribution in [1.82, 2.24) is 10.2 Å². The highest BCUT2D eigenvalue weighted by Gasteiger charge is 2.44. The minimum Gasteiger partial charge on any atom is -0.491 e. The quantitative estimate of drug-likeness (QED) is 0.598. The summed E-state index contributed by atoms with van der Waals surface area (Å²) >= 11 is 0. The van der Waals surface area contributed by atoms with Gasteiger partial charge >= 0.3 is 6.03 Å². The van der Waals surface area contributed by atoms with Gasteiger partial charge in [0.15, 0.2) is 0 Å². The van der Waals surface area contributed by atoms with Gasteiger partial charge in [-0.2, -0.15) is 0 Å². The number of imide groups is 1. The molecule has 0 bridgehead atoms. The summed E-state index contributed by atoms with van der Waals surface area (Å²) in [6.07, 6.45) is 4.38. The molecule has 0 spiro atoms. The monoisotopic (exact) mass is 378 g/mol. The predicted octanol–water partition coefficient (Wildman–Crippen LogP) is 2.41. The lowest BCUT2D eigenvalue weighted by atomic mass is 10.0. The molecule has 1 fully saturated rings. The summed E-state index contributed by atoms with van der Waals surface area (Å²) in [5.41, 5.74) is 1.92. The summed E-state index contributed by atoms with van der Waals surface area (Å²) in [5.74, 6) is 2.80. The van der Waals surface area contributed by atoms with Crippen LogP contribution in [0, 0.1) is 12.3 Å². The molecule has 144 valence electrons. The second-order valence-corrected chi connectivity index (χ2v) is 7.18. The first-order valence-electron chi connectivity index (χ1n) is 8.92. The van der Waals surface area contributed by atoms with Gasteiger partial charge in [0.1, 0.15) is 24.0 Å². The molecule has 0 unspecified atom stereocenters. The Morgan fingerprint density at radius 1 is 1.11 bits per heavy atom. The number of carbonyl (C=O) groups is 2. The van der Waals surface area contributed by atoms with Gasteiger partial charge in [0, 0.05) is 5.56 Å². The van der Waals surface area contributed by atoms with Crippen LogP contribution in [0.15, 0.2) is 48.5 Å². The largest absolute Gasteiger partial charge is 0.491 e. The number of nitrogens with zero attached hydrogens (tertiary/aromatic N) is 1. The van der Waals surface area contributed by atoms with E-state index in [-0.39, 0.29) is 19.1 Å². The minimum absolute atomic E-state index is 0.0340. The molecular formula is C22H22N2O4. The summed E-state index contributed by atoms with van der Waals surface area (Å²) in [6.45, 7) is 3.09. The second-order valence-electron chi connectivity index (χ2n) is 7.18. The molecule has 6 nitrogen and oxygen atoms in total. The number of rotatable bonds is 6. The molecule has 3 rings (SSSR count). The number of aliphatic hydroxyl groups excluding tert-OH is 1. The Balaban J connectivity index is 1.55. The van der Waals surface area contributed by atoms with Gasteiger partial charge in [0.25, 0.3) is 5.91 Å². The van der Waals surface area contributed by atoms with Crippen LogP contribution in [0.5, 0.6) is 5.75 Å². The summed E-state index contributed by atoms with van der Waals surface area (Å²) in [4.78, 5) is 25.0. The van der Waals surface area contributed by atoms with Gasteiger partial charge in [-0.05, 0) is 49.2 Å². The molecule has 6 heteroatoms. The molecule has 1 saturated heterocycles. The molecule has 2 N–H and O–H groups in total. The number of nitrogens with one attached hydrogen (secondary N) is 1. The maximum Gasteiger partial charge on any atom is 0.325 e. The molecular weight excluding hydrogens is 356 g/mol. The van der Waals surface area contributed by atoms with Gasteiger partial charge in [0.05, 0.1) is 6.54 Å². The number of aliphatic hydroxyl groups is 1. The van der Waals surface area contributed by atoms with E-state index in [0.717, 1.165) is 21.6 Å². The number of carbonyl (C=O) groups excluding carboxylic acids is 2. The van der Waals surface area contributed by atoms with Crippen molar-refractivity contribution in [3.05, 3.63) is 54.1 Å². The number of amides is 3. The van der Waals surface area contributed by atoms with E-state index in [4.69, 9.17) is 11.2 Å². The topological polar surface area (TPSA) is 78.9 Å². The average Bonchev–Trinajstić information content (AvgIpc) is 2.88.